The van der Waals surface area contributed by atoms with Gasteiger partial charge in [-0.1, -0.05) is 20.8 Å². The zero-order chi connectivity index (χ0) is 18.2. The third-order valence-electron chi connectivity index (χ3n) is 3.57. The maximum Gasteiger partial charge on any atom is 0.272 e. The highest BCUT2D eigenvalue weighted by Gasteiger charge is 2.19. The first-order chi connectivity index (χ1) is 11.7. The number of aromatic amines is 3. The molecule has 0 aliphatic carbocycles. The molecule has 3 rings (SSSR count). The predicted molar refractivity (Wildman–Crippen MR) is 95.1 cm³/mol. The van der Waals surface area contributed by atoms with E-state index < -0.39 is 11.1 Å². The molecule has 0 atom stereocenters. The minimum atomic E-state index is -0.453. The molecule has 25 heavy (non-hydrogen) atoms. The summed E-state index contributed by atoms with van der Waals surface area (Å²) in [4.78, 5) is 36.9. The molecule has 0 unspecified atom stereocenters. The lowest BCUT2D eigenvalue weighted by Gasteiger charge is -2.16. The zero-order valence-electron chi connectivity index (χ0n) is 13.9. The average Bonchev–Trinajstić information content (AvgIpc) is 3.13. The monoisotopic (exact) mass is 360 g/mol. The summed E-state index contributed by atoms with van der Waals surface area (Å²) in [5.41, 5.74) is 0.399. The van der Waals surface area contributed by atoms with Gasteiger partial charge in [0, 0.05) is 17.2 Å². The Hall–Kier alpha value is -2.80. The first-order valence-corrected chi connectivity index (χ1v) is 7.97. The molecule has 3 heterocycles. The Morgan fingerprint density at radius 2 is 1.72 bits per heavy atom. The van der Waals surface area contributed by atoms with Crippen LogP contribution in [0.5, 0.6) is 0 Å². The number of nitrogens with zero attached hydrogens (tertiary/aromatic N) is 1. The summed E-state index contributed by atoms with van der Waals surface area (Å²) >= 11 is 5.69. The quantitative estimate of drug-likeness (QED) is 0.633. The molecule has 0 aliphatic heterocycles. The first kappa shape index (κ1) is 17.0. The van der Waals surface area contributed by atoms with Crippen molar-refractivity contribution in [3.63, 3.8) is 0 Å². The van der Waals surface area contributed by atoms with Crippen LogP contribution in [0.3, 0.4) is 0 Å². The molecule has 0 saturated heterocycles. The van der Waals surface area contributed by atoms with Gasteiger partial charge in [0.1, 0.15) is 16.5 Å². The predicted octanol–water partition coefficient (Wildman–Crippen LogP) is 0.988. The largest absolute Gasteiger partial charge is 0.445 e. The van der Waals surface area contributed by atoms with E-state index in [0.29, 0.717) is 11.5 Å². The van der Waals surface area contributed by atoms with Crippen molar-refractivity contribution < 1.29 is 4.42 Å². The molecular weight excluding hydrogens is 344 g/mol. The van der Waals surface area contributed by atoms with E-state index in [1.54, 1.807) is 24.5 Å². The highest BCUT2D eigenvalue weighted by atomic mass is 35.5. The summed E-state index contributed by atoms with van der Waals surface area (Å²) in [6.45, 7) is 6.08. The molecule has 0 aromatic carbocycles. The normalized spacial score (nSPS) is 13.6. The van der Waals surface area contributed by atoms with Crippen LogP contribution in [0.4, 0.5) is 0 Å². The molecule has 3 aromatic heterocycles. The number of hydrogen-bond donors (Lipinski definition) is 3. The molecule has 0 radical (unpaired) electrons. The maximum absolute atomic E-state index is 12.3. The van der Waals surface area contributed by atoms with Gasteiger partial charge in [0.2, 0.25) is 0 Å². The minimum Gasteiger partial charge on any atom is -0.445 e. The standard InChI is InChI=1S/C17H17ClN4O3/c1-17(2,3)14-10(19-8-20-14)7-12-16(24)21-11(15(23)22-12)6-9-4-5-13(18)25-9/h4-8H,1-3H3,(H,19,20)(H,21,24)(H,22,23). The van der Waals surface area contributed by atoms with Gasteiger partial charge in [0.25, 0.3) is 11.1 Å². The fourth-order valence-electron chi connectivity index (χ4n) is 2.40. The lowest BCUT2D eigenvalue weighted by Crippen LogP contribution is -2.46. The number of aromatic nitrogens is 4. The summed E-state index contributed by atoms with van der Waals surface area (Å²) < 4.78 is 5.16. The van der Waals surface area contributed by atoms with E-state index in [-0.39, 0.29) is 21.3 Å². The van der Waals surface area contributed by atoms with Gasteiger partial charge in [-0.3, -0.25) is 9.59 Å². The Morgan fingerprint density at radius 1 is 1.08 bits per heavy atom. The van der Waals surface area contributed by atoms with Gasteiger partial charge in [-0.2, -0.15) is 0 Å². The van der Waals surface area contributed by atoms with Crippen LogP contribution < -0.4 is 21.8 Å². The third kappa shape index (κ3) is 3.66. The van der Waals surface area contributed by atoms with E-state index in [9.17, 15) is 9.59 Å². The Balaban J connectivity index is 2.14. The Morgan fingerprint density at radius 3 is 2.28 bits per heavy atom. The molecule has 0 saturated carbocycles. The zero-order valence-corrected chi connectivity index (χ0v) is 14.7. The van der Waals surface area contributed by atoms with Gasteiger partial charge in [0.05, 0.1) is 12.0 Å². The number of H-pyrrole nitrogens is 3. The Labute approximate surface area is 147 Å². The summed E-state index contributed by atoms with van der Waals surface area (Å²) in [5, 5.41) is 0.395. The molecule has 0 spiro atoms. The second-order valence-electron chi connectivity index (χ2n) is 6.58. The first-order valence-electron chi connectivity index (χ1n) is 7.59. The minimum absolute atomic E-state index is 0.0752. The van der Waals surface area contributed by atoms with Crippen molar-refractivity contribution in [2.24, 2.45) is 0 Å². The molecular formula is C17H17ClN4O3. The number of halogens is 1. The fourth-order valence-corrected chi connectivity index (χ4v) is 2.55. The molecule has 0 aliphatic rings. The van der Waals surface area contributed by atoms with Gasteiger partial charge in [-0.15, -0.1) is 0 Å². The summed E-state index contributed by atoms with van der Waals surface area (Å²) in [7, 11) is 0. The second-order valence-corrected chi connectivity index (χ2v) is 6.95. The van der Waals surface area contributed by atoms with Gasteiger partial charge >= 0.3 is 0 Å². The highest BCUT2D eigenvalue weighted by molar-refractivity contribution is 6.28. The van der Waals surface area contributed by atoms with E-state index in [1.807, 2.05) is 20.8 Å². The van der Waals surface area contributed by atoms with Gasteiger partial charge in [0.15, 0.2) is 5.22 Å². The van der Waals surface area contributed by atoms with Crippen LogP contribution >= 0.6 is 11.6 Å². The maximum atomic E-state index is 12.3. The number of rotatable bonds is 2. The molecule has 0 amide bonds. The van der Waals surface area contributed by atoms with Crippen LogP contribution in [0.1, 0.15) is 37.9 Å². The van der Waals surface area contributed by atoms with Crippen LogP contribution in [-0.4, -0.2) is 19.9 Å². The van der Waals surface area contributed by atoms with Gasteiger partial charge < -0.3 is 19.4 Å². The molecule has 0 fully saturated rings. The number of hydrogen-bond acceptors (Lipinski definition) is 4. The molecule has 0 bridgehead atoms. The van der Waals surface area contributed by atoms with Crippen LogP contribution in [-0.2, 0) is 5.41 Å². The summed E-state index contributed by atoms with van der Waals surface area (Å²) in [6.07, 6.45) is 4.51. The van der Waals surface area contributed by atoms with Crippen molar-refractivity contribution >= 4 is 23.8 Å². The lowest BCUT2D eigenvalue weighted by molar-refractivity contribution is 0.558. The fraction of sp³-hybridized carbons (Fsp3) is 0.235. The second kappa shape index (κ2) is 6.25. The Kier molecular flexibility index (Phi) is 4.26. The van der Waals surface area contributed by atoms with Crippen molar-refractivity contribution in [2.75, 3.05) is 0 Å². The van der Waals surface area contributed by atoms with Crippen LogP contribution in [0, 0.1) is 0 Å². The average molecular weight is 361 g/mol. The van der Waals surface area contributed by atoms with E-state index in [2.05, 4.69) is 19.9 Å². The smallest absolute Gasteiger partial charge is 0.272 e. The lowest BCUT2D eigenvalue weighted by atomic mass is 9.90. The molecule has 7 nitrogen and oxygen atoms in total. The van der Waals surface area contributed by atoms with Crippen molar-refractivity contribution in [3.05, 3.63) is 72.2 Å². The molecule has 130 valence electrons. The van der Waals surface area contributed by atoms with E-state index in [4.69, 9.17) is 16.0 Å². The van der Waals surface area contributed by atoms with Crippen molar-refractivity contribution in [1.82, 2.24) is 19.9 Å². The van der Waals surface area contributed by atoms with Crippen LogP contribution in [0.2, 0.25) is 5.22 Å². The number of furan rings is 1. The third-order valence-corrected chi connectivity index (χ3v) is 3.77. The highest BCUT2D eigenvalue weighted by Crippen LogP contribution is 2.22. The summed E-state index contributed by atoms with van der Waals surface area (Å²) in [5.74, 6) is 0.366. The number of imidazole rings is 1. The van der Waals surface area contributed by atoms with Crippen molar-refractivity contribution in [1.29, 1.82) is 0 Å². The van der Waals surface area contributed by atoms with Gasteiger partial charge in [-0.05, 0) is 29.8 Å². The topological polar surface area (TPSA) is 108 Å². The van der Waals surface area contributed by atoms with Crippen LogP contribution in [0.25, 0.3) is 12.2 Å². The van der Waals surface area contributed by atoms with Crippen molar-refractivity contribution in [2.45, 2.75) is 26.2 Å². The Bertz CT molecular complexity index is 1140. The number of nitrogens with one attached hydrogen (secondary N) is 3. The van der Waals surface area contributed by atoms with E-state index in [0.717, 1.165) is 5.69 Å². The van der Waals surface area contributed by atoms with E-state index >= 15 is 0 Å². The van der Waals surface area contributed by atoms with Gasteiger partial charge in [-0.25, -0.2) is 4.98 Å². The molecule has 3 N–H and O–H groups in total. The van der Waals surface area contributed by atoms with Crippen LogP contribution in [0.15, 0.2) is 32.5 Å². The van der Waals surface area contributed by atoms with E-state index in [1.165, 1.54) is 6.08 Å². The summed E-state index contributed by atoms with van der Waals surface area (Å²) in [6, 6.07) is 3.15. The molecule has 8 heteroatoms. The SMILES string of the molecule is CC(C)(C)c1[nH]cnc1C=c1[nH]c(=O)c(=Cc2ccc(Cl)o2)[nH]c1=O. The van der Waals surface area contributed by atoms with Crippen molar-refractivity contribution in [3.8, 4) is 0 Å². The molecule has 3 aromatic rings.